The molecular weight excluding hydrogens is 238 g/mol. The van der Waals surface area contributed by atoms with Crippen molar-refractivity contribution in [2.75, 3.05) is 19.7 Å². The summed E-state index contributed by atoms with van der Waals surface area (Å²) in [6.07, 6.45) is 0.656. The van der Waals surface area contributed by atoms with Crippen LogP contribution < -0.4 is 10.1 Å². The van der Waals surface area contributed by atoms with E-state index in [1.54, 1.807) is 6.92 Å². The molecule has 0 aliphatic heterocycles. The maximum Gasteiger partial charge on any atom is 0.119 e. The number of aliphatic hydroxyl groups excluding tert-OH is 1. The van der Waals surface area contributed by atoms with E-state index in [2.05, 4.69) is 44.3 Å². The van der Waals surface area contributed by atoms with Gasteiger partial charge in [-0.2, -0.15) is 0 Å². The van der Waals surface area contributed by atoms with E-state index in [1.807, 2.05) is 0 Å². The third-order valence-electron chi connectivity index (χ3n) is 2.95. The molecule has 1 aromatic carbocycles. The van der Waals surface area contributed by atoms with Crippen molar-refractivity contribution in [1.29, 1.82) is 0 Å². The van der Waals surface area contributed by atoms with Gasteiger partial charge in [0.2, 0.25) is 0 Å². The number of aliphatic hydroxyl groups is 1. The zero-order valence-electron chi connectivity index (χ0n) is 12.6. The Balaban J connectivity index is 2.33. The SMILES string of the molecule is Cc1cc(OCCCNCC(C)O)cc(C(C)C)c1. The van der Waals surface area contributed by atoms with Crippen molar-refractivity contribution in [1.82, 2.24) is 5.32 Å². The van der Waals surface area contributed by atoms with Gasteiger partial charge in [0, 0.05) is 6.54 Å². The molecule has 0 fully saturated rings. The normalized spacial score (nSPS) is 12.7. The molecule has 1 aromatic rings. The van der Waals surface area contributed by atoms with Crippen LogP contribution in [0.25, 0.3) is 0 Å². The first-order chi connectivity index (χ1) is 8.99. The average molecular weight is 265 g/mol. The lowest BCUT2D eigenvalue weighted by Gasteiger charge is -2.12. The Bertz CT molecular complexity index is 375. The highest BCUT2D eigenvalue weighted by Crippen LogP contribution is 2.22. The monoisotopic (exact) mass is 265 g/mol. The van der Waals surface area contributed by atoms with E-state index in [4.69, 9.17) is 9.84 Å². The summed E-state index contributed by atoms with van der Waals surface area (Å²) in [4.78, 5) is 0. The second kappa shape index (κ2) is 8.18. The van der Waals surface area contributed by atoms with E-state index < -0.39 is 0 Å². The van der Waals surface area contributed by atoms with Crippen LogP contribution in [0, 0.1) is 6.92 Å². The highest BCUT2D eigenvalue weighted by Gasteiger charge is 2.03. The quantitative estimate of drug-likeness (QED) is 0.710. The van der Waals surface area contributed by atoms with Crippen molar-refractivity contribution in [3.05, 3.63) is 29.3 Å². The van der Waals surface area contributed by atoms with Crippen LogP contribution in [-0.4, -0.2) is 30.9 Å². The lowest BCUT2D eigenvalue weighted by Crippen LogP contribution is -2.26. The first-order valence-electron chi connectivity index (χ1n) is 7.12. The Hall–Kier alpha value is -1.06. The van der Waals surface area contributed by atoms with Crippen LogP contribution in [-0.2, 0) is 0 Å². The lowest BCUT2D eigenvalue weighted by molar-refractivity contribution is 0.190. The molecule has 0 heterocycles. The number of aryl methyl sites for hydroxylation is 1. The van der Waals surface area contributed by atoms with Crippen LogP contribution in [0.1, 0.15) is 44.2 Å². The fourth-order valence-electron chi connectivity index (χ4n) is 1.89. The molecule has 108 valence electrons. The third kappa shape index (κ3) is 6.60. The molecule has 0 aliphatic carbocycles. The maximum atomic E-state index is 9.11. The highest BCUT2D eigenvalue weighted by atomic mass is 16.5. The number of rotatable bonds is 8. The van der Waals surface area contributed by atoms with Crippen LogP contribution in [0.5, 0.6) is 5.75 Å². The summed E-state index contributed by atoms with van der Waals surface area (Å²) < 4.78 is 5.78. The van der Waals surface area contributed by atoms with Gasteiger partial charge in [-0.1, -0.05) is 19.9 Å². The largest absolute Gasteiger partial charge is 0.494 e. The van der Waals surface area contributed by atoms with E-state index in [-0.39, 0.29) is 6.10 Å². The molecule has 1 atom stereocenters. The highest BCUT2D eigenvalue weighted by molar-refractivity contribution is 5.35. The minimum atomic E-state index is -0.286. The van der Waals surface area contributed by atoms with Gasteiger partial charge >= 0.3 is 0 Å². The summed E-state index contributed by atoms with van der Waals surface area (Å²) in [6, 6.07) is 6.41. The van der Waals surface area contributed by atoms with Gasteiger partial charge in [-0.25, -0.2) is 0 Å². The zero-order chi connectivity index (χ0) is 14.3. The fourth-order valence-corrected chi connectivity index (χ4v) is 1.89. The van der Waals surface area contributed by atoms with E-state index >= 15 is 0 Å². The van der Waals surface area contributed by atoms with E-state index in [0.29, 0.717) is 19.1 Å². The molecule has 19 heavy (non-hydrogen) atoms. The molecule has 0 radical (unpaired) electrons. The number of hydrogen-bond donors (Lipinski definition) is 2. The second-order valence-electron chi connectivity index (χ2n) is 5.49. The number of benzene rings is 1. The molecule has 2 N–H and O–H groups in total. The zero-order valence-corrected chi connectivity index (χ0v) is 12.6. The predicted molar refractivity (Wildman–Crippen MR) is 79.9 cm³/mol. The van der Waals surface area contributed by atoms with Crippen LogP contribution in [0.2, 0.25) is 0 Å². The molecular formula is C16H27NO2. The Kier molecular flexibility index (Phi) is 6.89. The summed E-state index contributed by atoms with van der Waals surface area (Å²) in [5, 5.41) is 12.3. The standard InChI is InChI=1S/C16H27NO2/c1-12(2)15-8-13(3)9-16(10-15)19-7-5-6-17-11-14(4)18/h8-10,12,14,17-18H,5-7,11H2,1-4H3. The molecule has 3 heteroatoms. The number of ether oxygens (including phenoxy) is 1. The molecule has 0 aliphatic rings. The van der Waals surface area contributed by atoms with Crippen molar-refractivity contribution in [3.63, 3.8) is 0 Å². The Morgan fingerprint density at radius 3 is 2.58 bits per heavy atom. The van der Waals surface area contributed by atoms with E-state index in [0.717, 1.165) is 18.7 Å². The maximum absolute atomic E-state index is 9.11. The molecule has 0 aromatic heterocycles. The Morgan fingerprint density at radius 1 is 1.21 bits per heavy atom. The van der Waals surface area contributed by atoms with E-state index in [1.165, 1.54) is 11.1 Å². The summed E-state index contributed by atoms with van der Waals surface area (Å²) >= 11 is 0. The van der Waals surface area contributed by atoms with Gasteiger partial charge in [0.15, 0.2) is 0 Å². The molecule has 1 unspecified atom stereocenters. The summed E-state index contributed by atoms with van der Waals surface area (Å²) in [6.45, 7) is 10.5. The summed E-state index contributed by atoms with van der Waals surface area (Å²) in [5.74, 6) is 1.48. The predicted octanol–water partition coefficient (Wildman–Crippen LogP) is 2.86. The van der Waals surface area contributed by atoms with Crippen molar-refractivity contribution in [2.24, 2.45) is 0 Å². The van der Waals surface area contributed by atoms with Gasteiger partial charge in [0.1, 0.15) is 5.75 Å². The van der Waals surface area contributed by atoms with Crippen LogP contribution in [0.3, 0.4) is 0 Å². The lowest BCUT2D eigenvalue weighted by atomic mass is 10.0. The molecule has 1 rings (SSSR count). The van der Waals surface area contributed by atoms with Gasteiger partial charge in [0.05, 0.1) is 12.7 Å². The van der Waals surface area contributed by atoms with E-state index in [9.17, 15) is 0 Å². The first-order valence-corrected chi connectivity index (χ1v) is 7.12. The first kappa shape index (κ1) is 16.0. The van der Waals surface area contributed by atoms with Crippen molar-refractivity contribution >= 4 is 0 Å². The van der Waals surface area contributed by atoms with Gasteiger partial charge in [-0.15, -0.1) is 0 Å². The minimum absolute atomic E-state index is 0.286. The summed E-state index contributed by atoms with van der Waals surface area (Å²) in [5.41, 5.74) is 2.57. The Morgan fingerprint density at radius 2 is 1.95 bits per heavy atom. The van der Waals surface area contributed by atoms with Crippen LogP contribution in [0.15, 0.2) is 18.2 Å². The van der Waals surface area contributed by atoms with Gasteiger partial charge < -0.3 is 15.2 Å². The third-order valence-corrected chi connectivity index (χ3v) is 2.95. The fraction of sp³-hybridized carbons (Fsp3) is 0.625. The molecule has 0 amide bonds. The molecule has 3 nitrogen and oxygen atoms in total. The van der Waals surface area contributed by atoms with Crippen LogP contribution in [0.4, 0.5) is 0 Å². The van der Waals surface area contributed by atoms with Crippen molar-refractivity contribution in [3.8, 4) is 5.75 Å². The molecule has 0 saturated carbocycles. The number of hydrogen-bond acceptors (Lipinski definition) is 3. The van der Waals surface area contributed by atoms with Gasteiger partial charge in [0.25, 0.3) is 0 Å². The van der Waals surface area contributed by atoms with Crippen LogP contribution >= 0.6 is 0 Å². The van der Waals surface area contributed by atoms with Gasteiger partial charge in [-0.3, -0.25) is 0 Å². The minimum Gasteiger partial charge on any atom is -0.494 e. The van der Waals surface area contributed by atoms with Crippen molar-refractivity contribution < 1.29 is 9.84 Å². The van der Waals surface area contributed by atoms with Gasteiger partial charge in [-0.05, 0) is 56.0 Å². The number of nitrogens with one attached hydrogen (secondary N) is 1. The second-order valence-corrected chi connectivity index (χ2v) is 5.49. The van der Waals surface area contributed by atoms with Crippen molar-refractivity contribution in [2.45, 2.75) is 46.1 Å². The smallest absolute Gasteiger partial charge is 0.119 e. The molecule has 0 bridgehead atoms. The molecule has 0 spiro atoms. The molecule has 0 saturated heterocycles. The Labute approximate surface area is 117 Å². The average Bonchev–Trinajstić information content (AvgIpc) is 2.32. The topological polar surface area (TPSA) is 41.5 Å². The summed E-state index contributed by atoms with van der Waals surface area (Å²) in [7, 11) is 0.